The van der Waals surface area contributed by atoms with E-state index in [1.165, 1.54) is 29.3 Å². The summed E-state index contributed by atoms with van der Waals surface area (Å²) in [4.78, 5) is 12.8. The van der Waals surface area contributed by atoms with E-state index in [1.54, 1.807) is 31.0 Å². The number of sulfonamides is 1. The molecule has 0 amide bonds. The summed E-state index contributed by atoms with van der Waals surface area (Å²) in [6.45, 7) is 2.52. The minimum atomic E-state index is -3.83. The highest BCUT2D eigenvalue weighted by molar-refractivity contribution is 7.89. The summed E-state index contributed by atoms with van der Waals surface area (Å²) in [7, 11) is 0.673. The largest absolute Gasteiger partial charge is 0.497 e. The summed E-state index contributed by atoms with van der Waals surface area (Å²) >= 11 is 0. The molecule has 1 aromatic heterocycles. The van der Waals surface area contributed by atoms with Crippen molar-refractivity contribution in [3.63, 3.8) is 0 Å². The van der Waals surface area contributed by atoms with Crippen LogP contribution in [0.15, 0.2) is 23.1 Å². The molecule has 12 heteroatoms. The first kappa shape index (κ1) is 20.9. The molecule has 11 nitrogen and oxygen atoms in total. The zero-order valence-corrected chi connectivity index (χ0v) is 17.5. The number of benzene rings is 1. The number of rotatable bonds is 6. The molecule has 1 aliphatic rings. The molecule has 29 heavy (non-hydrogen) atoms. The first-order valence-corrected chi connectivity index (χ1v) is 10.3. The van der Waals surface area contributed by atoms with Crippen molar-refractivity contribution >= 4 is 21.5 Å². The normalized spacial score (nSPS) is 15.4. The van der Waals surface area contributed by atoms with Crippen LogP contribution in [0.1, 0.15) is 5.69 Å². The predicted molar refractivity (Wildman–Crippen MR) is 105 cm³/mol. The lowest BCUT2D eigenvalue weighted by molar-refractivity contribution is -0.384. The number of nitro groups is 1. The number of anilines is 1. The number of hydrogen-bond donors (Lipinski definition) is 0. The Hall–Kier alpha value is -2.86. The van der Waals surface area contributed by atoms with Crippen LogP contribution >= 0.6 is 0 Å². The number of piperazine rings is 1. The number of hydrogen-bond acceptors (Lipinski definition) is 8. The van der Waals surface area contributed by atoms with Crippen molar-refractivity contribution in [3.05, 3.63) is 34.0 Å². The second kappa shape index (κ2) is 7.87. The third-order valence-corrected chi connectivity index (χ3v) is 6.79. The Morgan fingerprint density at radius 3 is 2.34 bits per heavy atom. The van der Waals surface area contributed by atoms with E-state index in [9.17, 15) is 18.5 Å². The molecule has 0 aliphatic carbocycles. The second-order valence-corrected chi connectivity index (χ2v) is 8.45. The van der Waals surface area contributed by atoms with Crippen LogP contribution in [-0.2, 0) is 17.1 Å². The molecule has 0 radical (unpaired) electrons. The van der Waals surface area contributed by atoms with Gasteiger partial charge in [0.2, 0.25) is 15.8 Å². The lowest BCUT2D eigenvalue weighted by atomic mass is 10.3. The van der Waals surface area contributed by atoms with Crippen LogP contribution in [0.5, 0.6) is 11.5 Å². The molecular formula is C17H23N5O6S. The van der Waals surface area contributed by atoms with Gasteiger partial charge in [0.05, 0.1) is 19.1 Å². The summed E-state index contributed by atoms with van der Waals surface area (Å²) in [6.07, 6.45) is 0. The van der Waals surface area contributed by atoms with Gasteiger partial charge in [0.25, 0.3) is 0 Å². The van der Waals surface area contributed by atoms with Gasteiger partial charge in [-0.05, 0) is 19.1 Å². The molecule has 0 atom stereocenters. The van der Waals surface area contributed by atoms with E-state index in [1.807, 2.05) is 0 Å². The fourth-order valence-corrected chi connectivity index (χ4v) is 5.06. The van der Waals surface area contributed by atoms with E-state index < -0.39 is 14.9 Å². The summed E-state index contributed by atoms with van der Waals surface area (Å²) in [5.74, 6) is 1.01. The van der Waals surface area contributed by atoms with Crippen LogP contribution in [0.4, 0.5) is 11.5 Å². The van der Waals surface area contributed by atoms with Crippen LogP contribution in [0.2, 0.25) is 0 Å². The van der Waals surface area contributed by atoms with Crippen LogP contribution in [0.3, 0.4) is 0 Å². The fraction of sp³-hybridized carbons (Fsp3) is 0.471. The van der Waals surface area contributed by atoms with Gasteiger partial charge in [0, 0.05) is 39.3 Å². The first-order valence-electron chi connectivity index (χ1n) is 8.85. The molecule has 0 N–H and O–H groups in total. The zero-order chi connectivity index (χ0) is 21.3. The Morgan fingerprint density at radius 2 is 1.79 bits per heavy atom. The van der Waals surface area contributed by atoms with E-state index >= 15 is 0 Å². The fourth-order valence-electron chi connectivity index (χ4n) is 3.47. The number of methoxy groups -OCH3 is 2. The van der Waals surface area contributed by atoms with Crippen molar-refractivity contribution < 1.29 is 22.8 Å². The van der Waals surface area contributed by atoms with Crippen molar-refractivity contribution in [1.29, 1.82) is 0 Å². The van der Waals surface area contributed by atoms with Crippen molar-refractivity contribution in [2.75, 3.05) is 45.3 Å². The SMILES string of the molecule is COc1ccc(OC)c(S(=O)(=O)N2CCN(c3c([N+](=O)[O-])c(C)nn3C)CC2)c1. The van der Waals surface area contributed by atoms with Crippen LogP contribution < -0.4 is 14.4 Å². The van der Waals surface area contributed by atoms with E-state index in [0.717, 1.165) is 0 Å². The highest BCUT2D eigenvalue weighted by Crippen LogP contribution is 2.34. The van der Waals surface area contributed by atoms with Gasteiger partial charge in [-0.15, -0.1) is 0 Å². The summed E-state index contributed by atoms with van der Waals surface area (Å²) in [5.41, 5.74) is 0.266. The molecule has 1 aliphatic heterocycles. The lowest BCUT2D eigenvalue weighted by Gasteiger charge is -2.34. The average molecular weight is 425 g/mol. The van der Waals surface area contributed by atoms with E-state index in [-0.39, 0.29) is 29.4 Å². The predicted octanol–water partition coefficient (Wildman–Crippen LogP) is 1.16. The van der Waals surface area contributed by atoms with E-state index in [2.05, 4.69) is 5.10 Å². The summed E-state index contributed by atoms with van der Waals surface area (Å²) in [6, 6.07) is 4.60. The van der Waals surface area contributed by atoms with Gasteiger partial charge in [-0.1, -0.05) is 0 Å². The van der Waals surface area contributed by atoms with Crippen molar-refractivity contribution in [1.82, 2.24) is 14.1 Å². The minimum Gasteiger partial charge on any atom is -0.497 e. The number of aryl methyl sites for hydroxylation is 2. The maximum Gasteiger partial charge on any atom is 0.333 e. The minimum absolute atomic E-state index is 0.0233. The van der Waals surface area contributed by atoms with E-state index in [4.69, 9.17) is 9.47 Å². The maximum atomic E-state index is 13.2. The van der Waals surface area contributed by atoms with Crippen LogP contribution in [0, 0.1) is 17.0 Å². The molecule has 1 fully saturated rings. The molecule has 0 saturated carbocycles. The molecule has 158 valence electrons. The van der Waals surface area contributed by atoms with Crippen LogP contribution in [-0.4, -0.2) is 67.8 Å². The summed E-state index contributed by atoms with van der Waals surface area (Å²) in [5, 5.41) is 15.6. The van der Waals surface area contributed by atoms with Gasteiger partial charge in [-0.3, -0.25) is 10.1 Å². The summed E-state index contributed by atoms with van der Waals surface area (Å²) < 4.78 is 39.5. The zero-order valence-electron chi connectivity index (χ0n) is 16.7. The molecule has 0 bridgehead atoms. The van der Waals surface area contributed by atoms with E-state index in [0.29, 0.717) is 30.4 Å². The molecule has 2 aromatic rings. The first-order chi connectivity index (χ1) is 13.7. The lowest BCUT2D eigenvalue weighted by Crippen LogP contribution is -2.49. The van der Waals surface area contributed by atoms with Crippen molar-refractivity contribution in [2.24, 2.45) is 7.05 Å². The highest BCUT2D eigenvalue weighted by atomic mass is 32.2. The van der Waals surface area contributed by atoms with Crippen molar-refractivity contribution in [2.45, 2.75) is 11.8 Å². The van der Waals surface area contributed by atoms with Gasteiger partial charge in [0.1, 0.15) is 22.1 Å². The monoisotopic (exact) mass is 425 g/mol. The quantitative estimate of drug-likeness (QED) is 0.500. The average Bonchev–Trinajstić information content (AvgIpc) is 3.01. The molecule has 3 rings (SSSR count). The third kappa shape index (κ3) is 3.72. The van der Waals surface area contributed by atoms with Gasteiger partial charge in [0.15, 0.2) is 0 Å². The Bertz CT molecular complexity index is 1030. The topological polar surface area (TPSA) is 120 Å². The molecule has 0 unspecified atom stereocenters. The Morgan fingerprint density at radius 1 is 1.14 bits per heavy atom. The molecule has 0 spiro atoms. The highest BCUT2D eigenvalue weighted by Gasteiger charge is 2.35. The molecule has 1 saturated heterocycles. The van der Waals surface area contributed by atoms with Gasteiger partial charge >= 0.3 is 5.69 Å². The Balaban J connectivity index is 1.86. The van der Waals surface area contributed by atoms with Crippen LogP contribution in [0.25, 0.3) is 0 Å². The molecule has 1 aromatic carbocycles. The standard InChI is InChI=1S/C17H23N5O6S/c1-12-16(22(23)24)17(19(2)18-12)20-7-9-21(10-8-20)29(25,26)15-11-13(27-3)5-6-14(15)28-4/h5-6,11H,7-10H2,1-4H3. The third-order valence-electron chi connectivity index (χ3n) is 4.87. The number of aromatic nitrogens is 2. The molecule has 2 heterocycles. The van der Waals surface area contributed by atoms with Gasteiger partial charge < -0.3 is 14.4 Å². The number of nitrogens with zero attached hydrogens (tertiary/aromatic N) is 5. The Kier molecular flexibility index (Phi) is 5.66. The van der Waals surface area contributed by atoms with Gasteiger partial charge in [-0.25, -0.2) is 13.1 Å². The maximum absolute atomic E-state index is 13.2. The smallest absolute Gasteiger partial charge is 0.333 e. The molecular weight excluding hydrogens is 402 g/mol. The van der Waals surface area contributed by atoms with Gasteiger partial charge in [-0.2, -0.15) is 9.40 Å². The number of ether oxygens (including phenoxy) is 2. The van der Waals surface area contributed by atoms with Crippen molar-refractivity contribution in [3.8, 4) is 11.5 Å². The Labute approximate surface area is 168 Å². The second-order valence-electron chi connectivity index (χ2n) is 6.55.